The molecule has 0 aliphatic heterocycles. The summed E-state index contributed by atoms with van der Waals surface area (Å²) in [6, 6.07) is 18.8. The molecule has 3 aromatic carbocycles. The lowest BCUT2D eigenvalue weighted by atomic mass is 9.92. The molecule has 28 heavy (non-hydrogen) atoms. The molecule has 0 N–H and O–H groups in total. The third-order valence-electron chi connectivity index (χ3n) is 5.48. The molecule has 0 fully saturated rings. The van der Waals surface area contributed by atoms with Crippen molar-refractivity contribution >= 4 is 42.3 Å². The van der Waals surface area contributed by atoms with Crippen LogP contribution in [0, 0.1) is 12.7 Å². The maximum Gasteiger partial charge on any atom is 0.143 e. The second kappa shape index (κ2) is 6.39. The number of fused-ring (bicyclic) bond motifs is 4. The van der Waals surface area contributed by atoms with Gasteiger partial charge in [0.1, 0.15) is 5.82 Å². The van der Waals surface area contributed by atoms with Gasteiger partial charge in [-0.25, -0.2) is 4.39 Å². The van der Waals surface area contributed by atoms with E-state index >= 15 is 0 Å². The summed E-state index contributed by atoms with van der Waals surface area (Å²) in [5, 5.41) is 4.54. The number of thiophene rings is 1. The summed E-state index contributed by atoms with van der Waals surface area (Å²) < 4.78 is 16.5. The van der Waals surface area contributed by atoms with Gasteiger partial charge in [-0.05, 0) is 52.9 Å². The van der Waals surface area contributed by atoms with Gasteiger partial charge in [-0.15, -0.1) is 11.3 Å². The average molecular weight is 386 g/mol. The molecule has 5 rings (SSSR count). The molecule has 3 heteroatoms. The number of aromatic nitrogens is 1. The maximum absolute atomic E-state index is 14.7. The Balaban J connectivity index is 1.86. The molecule has 0 aliphatic carbocycles. The summed E-state index contributed by atoms with van der Waals surface area (Å²) in [5.41, 5.74) is 4.02. The zero-order chi connectivity index (χ0) is 19.4. The first-order valence-electron chi connectivity index (χ1n) is 9.54. The molecule has 0 amide bonds. The highest BCUT2D eigenvalue weighted by molar-refractivity contribution is 7.26. The van der Waals surface area contributed by atoms with Gasteiger partial charge in [0, 0.05) is 22.5 Å². The van der Waals surface area contributed by atoms with Crippen molar-refractivity contribution in [3.05, 3.63) is 77.7 Å². The van der Waals surface area contributed by atoms with Crippen LogP contribution in [0.4, 0.5) is 4.39 Å². The first kappa shape index (κ1) is 17.3. The number of halogens is 1. The second-order valence-corrected chi connectivity index (χ2v) is 8.67. The predicted octanol–water partition coefficient (Wildman–Crippen LogP) is 7.84. The van der Waals surface area contributed by atoms with E-state index in [1.54, 1.807) is 0 Å². The number of nitrogens with zero attached hydrogens (tertiary/aromatic N) is 1. The summed E-state index contributed by atoms with van der Waals surface area (Å²) in [4.78, 5) is 4.72. The molecule has 138 valence electrons. The van der Waals surface area contributed by atoms with Crippen LogP contribution in [0.5, 0.6) is 0 Å². The van der Waals surface area contributed by atoms with Crippen molar-refractivity contribution in [1.82, 2.24) is 4.98 Å². The van der Waals surface area contributed by atoms with Crippen molar-refractivity contribution in [1.29, 1.82) is 0 Å². The van der Waals surface area contributed by atoms with Gasteiger partial charge < -0.3 is 0 Å². The van der Waals surface area contributed by atoms with Gasteiger partial charge in [-0.3, -0.25) is 4.98 Å². The first-order chi connectivity index (χ1) is 13.5. The summed E-state index contributed by atoms with van der Waals surface area (Å²) in [5.74, 6) is 0.289. The number of hydrogen-bond acceptors (Lipinski definition) is 2. The quantitative estimate of drug-likeness (QED) is 0.301. The van der Waals surface area contributed by atoms with E-state index in [2.05, 4.69) is 50.2 Å². The van der Waals surface area contributed by atoms with Crippen LogP contribution >= 0.6 is 11.3 Å². The van der Waals surface area contributed by atoms with Crippen molar-refractivity contribution in [2.45, 2.75) is 26.7 Å². The average Bonchev–Trinajstić information content (AvgIpc) is 3.09. The van der Waals surface area contributed by atoms with Gasteiger partial charge in [-0.1, -0.05) is 50.2 Å². The lowest BCUT2D eigenvalue weighted by molar-refractivity contribution is 0.632. The Kier molecular flexibility index (Phi) is 3.95. The monoisotopic (exact) mass is 385 g/mol. The Hall–Kier alpha value is -2.78. The molecule has 2 heterocycles. The van der Waals surface area contributed by atoms with E-state index in [0.717, 1.165) is 26.7 Å². The lowest BCUT2D eigenvalue weighted by Crippen LogP contribution is -1.92. The molecule has 1 nitrogen and oxygen atoms in total. The summed E-state index contributed by atoms with van der Waals surface area (Å²) in [7, 11) is 0. The lowest BCUT2D eigenvalue weighted by Gasteiger charge is -2.13. The van der Waals surface area contributed by atoms with Crippen molar-refractivity contribution in [3.63, 3.8) is 0 Å². The Bertz CT molecular complexity index is 1360. The number of hydrogen-bond donors (Lipinski definition) is 0. The fourth-order valence-electron chi connectivity index (χ4n) is 3.99. The van der Waals surface area contributed by atoms with Crippen LogP contribution in [0.1, 0.15) is 30.9 Å². The molecule has 0 radical (unpaired) electrons. The van der Waals surface area contributed by atoms with E-state index in [1.165, 1.54) is 27.7 Å². The van der Waals surface area contributed by atoms with Crippen LogP contribution in [-0.2, 0) is 0 Å². The second-order valence-electron chi connectivity index (χ2n) is 7.65. The normalized spacial score (nSPS) is 11.9. The minimum absolute atomic E-state index is 0.119. The van der Waals surface area contributed by atoms with Gasteiger partial charge >= 0.3 is 0 Å². The molecular weight excluding hydrogens is 365 g/mol. The molecule has 0 saturated carbocycles. The topological polar surface area (TPSA) is 12.9 Å². The smallest absolute Gasteiger partial charge is 0.143 e. The molecule has 5 aromatic rings. The van der Waals surface area contributed by atoms with Crippen molar-refractivity contribution in [2.24, 2.45) is 0 Å². The minimum Gasteiger partial charge on any atom is -0.255 e. The van der Waals surface area contributed by atoms with E-state index in [4.69, 9.17) is 4.98 Å². The van der Waals surface area contributed by atoms with Gasteiger partial charge in [0.05, 0.1) is 15.1 Å². The molecule has 0 spiro atoms. The van der Waals surface area contributed by atoms with Crippen molar-refractivity contribution < 1.29 is 4.39 Å². The van der Waals surface area contributed by atoms with Crippen LogP contribution in [-0.4, -0.2) is 4.98 Å². The Morgan fingerprint density at radius 2 is 1.68 bits per heavy atom. The standard InChI is InChI=1S/C25H20FNS/c1-14(2)21-13-17(12-16-6-4-5-7-18(16)21)23-25-20(10-11-27-23)19-9-8-15(3)22(26)24(19)28-25/h4-14H,1-3H3. The summed E-state index contributed by atoms with van der Waals surface area (Å²) in [6.45, 7) is 6.25. The third kappa shape index (κ3) is 2.54. The van der Waals surface area contributed by atoms with E-state index in [0.29, 0.717) is 16.2 Å². The van der Waals surface area contributed by atoms with E-state index in [9.17, 15) is 4.39 Å². The Morgan fingerprint density at radius 1 is 0.893 bits per heavy atom. The van der Waals surface area contributed by atoms with Gasteiger partial charge in [0.2, 0.25) is 0 Å². The first-order valence-corrected chi connectivity index (χ1v) is 10.4. The predicted molar refractivity (Wildman–Crippen MR) is 119 cm³/mol. The molecule has 0 unspecified atom stereocenters. The number of aryl methyl sites for hydroxylation is 1. The fourth-order valence-corrected chi connectivity index (χ4v) is 5.29. The van der Waals surface area contributed by atoms with Crippen LogP contribution in [0.3, 0.4) is 0 Å². The van der Waals surface area contributed by atoms with Crippen LogP contribution in [0.25, 0.3) is 42.2 Å². The molecule has 2 aromatic heterocycles. The Labute approximate surface area is 167 Å². The largest absolute Gasteiger partial charge is 0.255 e. The summed E-state index contributed by atoms with van der Waals surface area (Å²) in [6.07, 6.45) is 1.84. The van der Waals surface area contributed by atoms with Crippen LogP contribution < -0.4 is 0 Å². The van der Waals surface area contributed by atoms with E-state index < -0.39 is 0 Å². The third-order valence-corrected chi connectivity index (χ3v) is 6.70. The zero-order valence-corrected chi connectivity index (χ0v) is 16.9. The fraction of sp³-hybridized carbons (Fsp3) is 0.160. The van der Waals surface area contributed by atoms with E-state index in [1.807, 2.05) is 31.3 Å². The number of rotatable bonds is 2. The van der Waals surface area contributed by atoms with E-state index in [-0.39, 0.29) is 5.82 Å². The zero-order valence-electron chi connectivity index (χ0n) is 16.1. The number of pyridine rings is 1. The molecular formula is C25H20FNS. The van der Waals surface area contributed by atoms with Crippen molar-refractivity contribution in [2.75, 3.05) is 0 Å². The molecule has 0 saturated heterocycles. The number of benzene rings is 3. The molecule has 0 bridgehead atoms. The SMILES string of the molecule is Cc1ccc2c(sc3c(-c4cc(C(C)C)c5ccccc5c4)nccc32)c1F. The minimum atomic E-state index is -0.119. The Morgan fingerprint density at radius 3 is 2.50 bits per heavy atom. The highest BCUT2D eigenvalue weighted by Gasteiger charge is 2.16. The maximum atomic E-state index is 14.7. The van der Waals surface area contributed by atoms with Crippen LogP contribution in [0.2, 0.25) is 0 Å². The van der Waals surface area contributed by atoms with Gasteiger partial charge in [0.15, 0.2) is 0 Å². The van der Waals surface area contributed by atoms with Crippen molar-refractivity contribution in [3.8, 4) is 11.3 Å². The molecule has 0 atom stereocenters. The van der Waals surface area contributed by atoms with Gasteiger partial charge in [-0.2, -0.15) is 0 Å². The molecule has 0 aliphatic rings. The van der Waals surface area contributed by atoms with Gasteiger partial charge in [0.25, 0.3) is 0 Å². The highest BCUT2D eigenvalue weighted by atomic mass is 32.1. The van der Waals surface area contributed by atoms with Crippen LogP contribution in [0.15, 0.2) is 60.8 Å². The summed E-state index contributed by atoms with van der Waals surface area (Å²) >= 11 is 1.51. The highest BCUT2D eigenvalue weighted by Crippen LogP contribution is 2.41.